The molecule has 1 aliphatic rings. The second kappa shape index (κ2) is 4.30. The van der Waals surface area contributed by atoms with Crippen LogP contribution in [0.4, 0.5) is 10.2 Å². The molecule has 0 atom stereocenters. The lowest BCUT2D eigenvalue weighted by Crippen LogP contribution is -2.24. The number of carbonyl (C=O) groups is 2. The molecule has 0 spiro atoms. The van der Waals surface area contributed by atoms with Crippen molar-refractivity contribution in [3.63, 3.8) is 0 Å². The number of hydrogen-bond donors (Lipinski definition) is 1. The summed E-state index contributed by atoms with van der Waals surface area (Å²) >= 11 is 0. The number of carbonyl (C=O) groups excluding carboxylic acids is 2. The van der Waals surface area contributed by atoms with Crippen LogP contribution in [0.5, 0.6) is 0 Å². The first-order valence-electron chi connectivity index (χ1n) is 5.04. The molecule has 16 heavy (non-hydrogen) atoms. The van der Waals surface area contributed by atoms with Crippen LogP contribution in [0.3, 0.4) is 0 Å². The minimum atomic E-state index is -0.798. The Labute approximate surface area is 92.0 Å². The van der Waals surface area contributed by atoms with Gasteiger partial charge in [0.1, 0.15) is 0 Å². The Morgan fingerprint density at radius 1 is 1.44 bits per heavy atom. The second-order valence-electron chi connectivity index (χ2n) is 3.62. The largest absolute Gasteiger partial charge is 0.312 e. The van der Waals surface area contributed by atoms with E-state index in [1.165, 1.54) is 12.1 Å². The smallest absolute Gasteiger partial charge is 0.279 e. The quantitative estimate of drug-likeness (QED) is 0.769. The van der Waals surface area contributed by atoms with Gasteiger partial charge in [0.2, 0.25) is 5.91 Å². The van der Waals surface area contributed by atoms with E-state index < -0.39 is 5.91 Å². The monoisotopic (exact) mass is 222 g/mol. The van der Waals surface area contributed by atoms with Crippen molar-refractivity contribution in [3.8, 4) is 0 Å². The third-order valence-corrected chi connectivity index (χ3v) is 2.58. The fraction of sp³-hybridized carbons (Fsp3) is 0.273. The van der Waals surface area contributed by atoms with Crippen LogP contribution >= 0.6 is 0 Å². The van der Waals surface area contributed by atoms with Gasteiger partial charge in [0.05, 0.1) is 0 Å². The lowest BCUT2D eigenvalue weighted by molar-refractivity contribution is -0.117. The maximum atomic E-state index is 12.0. The number of amides is 2. The second-order valence-corrected chi connectivity index (χ2v) is 3.62. The zero-order valence-corrected chi connectivity index (χ0v) is 8.57. The summed E-state index contributed by atoms with van der Waals surface area (Å²) in [5.74, 6) is -0.758. The normalized spacial score (nSPS) is 15.3. The van der Waals surface area contributed by atoms with E-state index in [-0.39, 0.29) is 11.5 Å². The summed E-state index contributed by atoms with van der Waals surface area (Å²) in [5, 5.41) is 0. The van der Waals surface area contributed by atoms with Gasteiger partial charge in [-0.2, -0.15) is 5.54 Å². The van der Waals surface area contributed by atoms with E-state index >= 15 is 0 Å². The van der Waals surface area contributed by atoms with Crippen LogP contribution in [0.25, 0.3) is 0 Å². The molecule has 1 fully saturated rings. The molecule has 0 bridgehead atoms. The fourth-order valence-corrected chi connectivity index (χ4v) is 1.79. The molecule has 4 nitrogen and oxygen atoms in total. The Bertz CT molecular complexity index is 434. The summed E-state index contributed by atoms with van der Waals surface area (Å²) in [6.45, 7) is 0.652. The van der Waals surface area contributed by atoms with Crippen molar-refractivity contribution >= 4 is 17.5 Å². The molecule has 84 valence electrons. The van der Waals surface area contributed by atoms with Crippen molar-refractivity contribution < 1.29 is 14.1 Å². The Morgan fingerprint density at radius 3 is 2.88 bits per heavy atom. The van der Waals surface area contributed by atoms with Crippen molar-refractivity contribution in [2.75, 3.05) is 11.4 Å². The molecule has 1 N–H and O–H groups in total. The Balaban J connectivity index is 2.28. The van der Waals surface area contributed by atoms with E-state index in [0.29, 0.717) is 18.7 Å². The summed E-state index contributed by atoms with van der Waals surface area (Å²) < 4.78 is 12.0. The van der Waals surface area contributed by atoms with Crippen molar-refractivity contribution in [2.45, 2.75) is 12.8 Å². The summed E-state index contributed by atoms with van der Waals surface area (Å²) in [6, 6.07) is 6.38. The average Bonchev–Trinajstić information content (AvgIpc) is 2.74. The predicted octanol–water partition coefficient (Wildman–Crippen LogP) is 1.43. The van der Waals surface area contributed by atoms with E-state index in [9.17, 15) is 14.1 Å². The highest BCUT2D eigenvalue weighted by Gasteiger charge is 2.22. The minimum absolute atomic E-state index is 0.0396. The molecular formula is C11H11FN2O2. The molecule has 1 saturated heterocycles. The van der Waals surface area contributed by atoms with Crippen LogP contribution in [0, 0.1) is 0 Å². The minimum Gasteiger partial charge on any atom is -0.312 e. The van der Waals surface area contributed by atoms with Crippen LogP contribution in [0.15, 0.2) is 24.3 Å². The number of nitrogens with zero attached hydrogens (tertiary/aromatic N) is 1. The topological polar surface area (TPSA) is 49.4 Å². The number of anilines is 1. The Hall–Kier alpha value is -1.91. The Kier molecular flexibility index (Phi) is 2.85. The predicted molar refractivity (Wildman–Crippen MR) is 56.6 cm³/mol. The molecule has 0 unspecified atom stereocenters. The van der Waals surface area contributed by atoms with E-state index in [1.807, 2.05) is 0 Å². The van der Waals surface area contributed by atoms with Gasteiger partial charge in [0, 0.05) is 24.2 Å². The molecule has 0 aliphatic carbocycles. The van der Waals surface area contributed by atoms with E-state index in [1.54, 1.807) is 17.0 Å². The number of hydrogen-bond acceptors (Lipinski definition) is 2. The van der Waals surface area contributed by atoms with Gasteiger partial charge in [0.25, 0.3) is 5.91 Å². The zero-order valence-electron chi connectivity index (χ0n) is 8.57. The molecular weight excluding hydrogens is 211 g/mol. The molecule has 1 aromatic carbocycles. The third kappa shape index (κ3) is 1.88. The molecule has 1 aromatic rings. The lowest BCUT2D eigenvalue weighted by Gasteiger charge is -2.15. The van der Waals surface area contributed by atoms with Crippen LogP contribution in [0.1, 0.15) is 23.2 Å². The lowest BCUT2D eigenvalue weighted by atomic mass is 10.2. The third-order valence-electron chi connectivity index (χ3n) is 2.58. The molecule has 0 aromatic heterocycles. The maximum Gasteiger partial charge on any atom is 0.279 e. The molecule has 1 aliphatic heterocycles. The van der Waals surface area contributed by atoms with Crippen molar-refractivity contribution in [1.29, 1.82) is 0 Å². The summed E-state index contributed by atoms with van der Waals surface area (Å²) in [6.07, 6.45) is 1.35. The van der Waals surface area contributed by atoms with Crippen molar-refractivity contribution in [3.05, 3.63) is 29.8 Å². The summed E-state index contributed by atoms with van der Waals surface area (Å²) in [7, 11) is 0. The van der Waals surface area contributed by atoms with Crippen LogP contribution < -0.4 is 10.4 Å². The average molecular weight is 222 g/mol. The van der Waals surface area contributed by atoms with Crippen molar-refractivity contribution in [2.24, 2.45) is 0 Å². The van der Waals surface area contributed by atoms with Gasteiger partial charge in [0.15, 0.2) is 0 Å². The van der Waals surface area contributed by atoms with Gasteiger partial charge in [-0.05, 0) is 24.6 Å². The molecule has 0 radical (unpaired) electrons. The SMILES string of the molecule is O=C(NF)c1cccc(N2CCCC2=O)c1. The van der Waals surface area contributed by atoms with Gasteiger partial charge >= 0.3 is 0 Å². The molecule has 5 heteroatoms. The first-order valence-corrected chi connectivity index (χ1v) is 5.04. The maximum absolute atomic E-state index is 12.0. The molecule has 1 heterocycles. The molecule has 2 rings (SSSR count). The Morgan fingerprint density at radius 2 is 2.25 bits per heavy atom. The van der Waals surface area contributed by atoms with Crippen LogP contribution in [0.2, 0.25) is 0 Å². The van der Waals surface area contributed by atoms with Gasteiger partial charge in [-0.25, -0.2) is 0 Å². The summed E-state index contributed by atoms with van der Waals surface area (Å²) in [4.78, 5) is 24.2. The standard InChI is InChI=1S/C11H11FN2O2/c12-13-11(16)8-3-1-4-9(7-8)14-6-2-5-10(14)15/h1,3-4,7H,2,5-6H2,(H,13,16). The number of halogens is 1. The molecule has 0 saturated carbocycles. The zero-order chi connectivity index (χ0) is 11.5. The first-order chi connectivity index (χ1) is 7.72. The van der Waals surface area contributed by atoms with Gasteiger partial charge < -0.3 is 4.90 Å². The van der Waals surface area contributed by atoms with E-state index in [0.717, 1.165) is 12.0 Å². The highest BCUT2D eigenvalue weighted by Crippen LogP contribution is 2.22. The van der Waals surface area contributed by atoms with E-state index in [2.05, 4.69) is 0 Å². The van der Waals surface area contributed by atoms with Gasteiger partial charge in [-0.3, -0.25) is 9.59 Å². The van der Waals surface area contributed by atoms with Crippen LogP contribution in [-0.4, -0.2) is 18.4 Å². The first kappa shape index (κ1) is 10.6. The van der Waals surface area contributed by atoms with E-state index in [4.69, 9.17) is 0 Å². The van der Waals surface area contributed by atoms with Crippen molar-refractivity contribution in [1.82, 2.24) is 5.54 Å². The van der Waals surface area contributed by atoms with Gasteiger partial charge in [-0.15, -0.1) is 0 Å². The van der Waals surface area contributed by atoms with Gasteiger partial charge in [-0.1, -0.05) is 10.5 Å². The highest BCUT2D eigenvalue weighted by molar-refractivity contribution is 5.98. The molecule has 2 amide bonds. The highest BCUT2D eigenvalue weighted by atomic mass is 19.2. The summed E-state index contributed by atoms with van der Waals surface area (Å²) in [5.41, 5.74) is 1.92. The number of nitrogens with one attached hydrogen (secondary N) is 1. The number of rotatable bonds is 2. The number of benzene rings is 1. The van der Waals surface area contributed by atoms with Crippen LogP contribution in [-0.2, 0) is 4.79 Å². The fourth-order valence-electron chi connectivity index (χ4n) is 1.79.